The number of hydrogen-bond donors (Lipinski definition) is 1. The number of ether oxygens (including phenoxy) is 2. The molecule has 204 valence electrons. The van der Waals surface area contributed by atoms with E-state index < -0.39 is 11.9 Å². The van der Waals surface area contributed by atoms with Crippen molar-refractivity contribution in [1.29, 1.82) is 0 Å². The summed E-state index contributed by atoms with van der Waals surface area (Å²) in [5.74, 6) is -0.593. The molecule has 13 heteroatoms. The zero-order valence-electron chi connectivity index (χ0n) is 21.5. The van der Waals surface area contributed by atoms with Crippen LogP contribution in [-0.2, 0) is 9.47 Å². The summed E-state index contributed by atoms with van der Waals surface area (Å²) in [6.07, 6.45) is 6.72. The van der Waals surface area contributed by atoms with Gasteiger partial charge in [-0.25, -0.2) is 9.18 Å². The molecule has 40 heavy (non-hydrogen) atoms. The number of rotatable bonds is 9. The Hall–Kier alpha value is -4.68. The van der Waals surface area contributed by atoms with Gasteiger partial charge in [-0.2, -0.15) is 9.78 Å². The average molecular weight is 563 g/mol. The van der Waals surface area contributed by atoms with Gasteiger partial charge in [0, 0.05) is 48.5 Å². The summed E-state index contributed by atoms with van der Waals surface area (Å²) in [7, 11) is 2.94. The van der Waals surface area contributed by atoms with Crippen LogP contribution in [0.1, 0.15) is 18.2 Å². The number of amides is 1. The van der Waals surface area contributed by atoms with Crippen LogP contribution in [-0.4, -0.2) is 61.9 Å². The van der Waals surface area contributed by atoms with Crippen LogP contribution in [0, 0.1) is 5.82 Å². The number of hydrogen-bond acceptors (Lipinski definition) is 8. The molecule has 3 aromatic heterocycles. The molecule has 0 bridgehead atoms. The van der Waals surface area contributed by atoms with Crippen LogP contribution in [0.3, 0.4) is 0 Å². The molecule has 2 aromatic carbocycles. The van der Waals surface area contributed by atoms with Gasteiger partial charge < -0.3 is 9.47 Å². The highest BCUT2D eigenvalue weighted by Gasteiger charge is 2.20. The number of tetrazole rings is 1. The van der Waals surface area contributed by atoms with Gasteiger partial charge in [0.2, 0.25) is 0 Å². The maximum absolute atomic E-state index is 15.2. The fourth-order valence-electron chi connectivity index (χ4n) is 4.25. The first-order valence-corrected chi connectivity index (χ1v) is 12.5. The summed E-state index contributed by atoms with van der Waals surface area (Å²) in [5, 5.41) is 18.4. The Kier molecular flexibility index (Phi) is 8.08. The first-order chi connectivity index (χ1) is 19.5. The number of aromatic nitrogens is 7. The molecule has 1 unspecified atom stereocenters. The Labute approximate surface area is 233 Å². The Morgan fingerprint density at radius 1 is 1.05 bits per heavy atom. The molecule has 1 atom stereocenters. The minimum Gasteiger partial charge on any atom is -0.453 e. The fourth-order valence-corrected chi connectivity index (χ4v) is 4.40. The van der Waals surface area contributed by atoms with Crippen LogP contribution < -0.4 is 5.32 Å². The van der Waals surface area contributed by atoms with E-state index in [9.17, 15) is 4.79 Å². The van der Waals surface area contributed by atoms with Crippen molar-refractivity contribution in [3.63, 3.8) is 0 Å². The first kappa shape index (κ1) is 26.9. The lowest BCUT2D eigenvalue weighted by atomic mass is 10.0. The first-order valence-electron chi connectivity index (χ1n) is 12.1. The van der Waals surface area contributed by atoms with E-state index in [0.717, 1.165) is 16.8 Å². The van der Waals surface area contributed by atoms with Crippen molar-refractivity contribution in [2.75, 3.05) is 26.1 Å². The highest BCUT2D eigenvalue weighted by Crippen LogP contribution is 2.34. The van der Waals surface area contributed by atoms with Crippen molar-refractivity contribution in [2.45, 2.75) is 12.5 Å². The smallest absolute Gasteiger partial charge is 0.411 e. The van der Waals surface area contributed by atoms with Gasteiger partial charge in [0.25, 0.3) is 0 Å². The molecule has 5 aromatic rings. The van der Waals surface area contributed by atoms with Gasteiger partial charge in [-0.05, 0) is 52.7 Å². The molecule has 0 saturated carbocycles. The predicted octanol–water partition coefficient (Wildman–Crippen LogP) is 5.18. The summed E-state index contributed by atoms with van der Waals surface area (Å²) >= 11 is 6.10. The third kappa shape index (κ3) is 5.67. The Morgan fingerprint density at radius 3 is 2.52 bits per heavy atom. The number of methoxy groups -OCH3 is 2. The molecule has 0 saturated heterocycles. The fraction of sp³-hybridized carbons (Fsp3) is 0.185. The summed E-state index contributed by atoms with van der Waals surface area (Å²) < 4.78 is 28.4. The second kappa shape index (κ2) is 12.0. The molecule has 1 N–H and O–H groups in total. The number of nitrogens with zero attached hydrogens (tertiary/aromatic N) is 7. The lowest BCUT2D eigenvalue weighted by molar-refractivity contribution is 0.181. The van der Waals surface area contributed by atoms with Gasteiger partial charge in [-0.1, -0.05) is 29.8 Å². The van der Waals surface area contributed by atoms with Crippen molar-refractivity contribution in [1.82, 2.24) is 35.0 Å². The number of anilines is 1. The Balaban J connectivity index is 1.43. The van der Waals surface area contributed by atoms with Crippen molar-refractivity contribution in [3.05, 3.63) is 90.0 Å². The standard InChI is InChI=1S/C27H24ClFN8O3/c1-39-12-11-23(36-15-19(14-32-36)17-3-6-20(7-4-17)33-27(38)40-2)22-9-5-18(13-30-22)25-24(37-16-31-34-35-37)10-8-21(28)26(25)29/h3-10,13-16,23H,11-12H2,1-2H3,(H,33,38). The molecule has 0 radical (unpaired) electrons. The topological polar surface area (TPSA) is 122 Å². The number of benzene rings is 2. The molecular weight excluding hydrogens is 539 g/mol. The van der Waals surface area contributed by atoms with Crippen LogP contribution in [0.5, 0.6) is 0 Å². The molecule has 0 aliphatic rings. The van der Waals surface area contributed by atoms with Crippen molar-refractivity contribution in [3.8, 4) is 27.9 Å². The zero-order valence-corrected chi connectivity index (χ0v) is 22.3. The van der Waals surface area contributed by atoms with Crippen molar-refractivity contribution >= 4 is 23.4 Å². The lowest BCUT2D eigenvalue weighted by Crippen LogP contribution is -2.15. The van der Waals surface area contributed by atoms with E-state index >= 15 is 4.39 Å². The average Bonchev–Trinajstić information content (AvgIpc) is 3.69. The molecule has 0 spiro atoms. The normalized spacial score (nSPS) is 11.8. The number of nitrogens with one attached hydrogen (secondary N) is 1. The second-order valence-corrected chi connectivity index (χ2v) is 9.09. The van der Waals surface area contributed by atoms with Crippen LogP contribution in [0.4, 0.5) is 14.9 Å². The lowest BCUT2D eigenvalue weighted by Gasteiger charge is -2.18. The number of halogens is 2. The number of carbonyl (C=O) groups excluding carboxylic acids is 1. The number of pyridine rings is 1. The summed E-state index contributed by atoms with van der Waals surface area (Å²) in [6.45, 7) is 0.476. The minimum absolute atomic E-state index is 0.0212. The quantitative estimate of drug-likeness (QED) is 0.261. The molecule has 1 amide bonds. The molecule has 0 aliphatic carbocycles. The molecule has 0 fully saturated rings. The maximum atomic E-state index is 15.2. The highest BCUT2D eigenvalue weighted by atomic mass is 35.5. The molecular formula is C27H24ClFN8O3. The minimum atomic E-state index is -0.593. The second-order valence-electron chi connectivity index (χ2n) is 8.68. The Morgan fingerprint density at radius 2 is 1.85 bits per heavy atom. The highest BCUT2D eigenvalue weighted by molar-refractivity contribution is 6.31. The van der Waals surface area contributed by atoms with Gasteiger partial charge in [0.1, 0.15) is 6.33 Å². The van der Waals surface area contributed by atoms with Crippen LogP contribution in [0.15, 0.2) is 73.4 Å². The SMILES string of the molecule is COCCC(c1ccc(-c2c(-n3cnnn3)ccc(Cl)c2F)cn1)n1cc(-c2ccc(NC(=O)OC)cc2)cn1. The van der Waals surface area contributed by atoms with Crippen molar-refractivity contribution < 1.29 is 18.7 Å². The van der Waals surface area contributed by atoms with Gasteiger partial charge in [0.05, 0.1) is 35.8 Å². The third-order valence-corrected chi connectivity index (χ3v) is 6.54. The Bertz CT molecular complexity index is 1590. The maximum Gasteiger partial charge on any atom is 0.411 e. The van der Waals surface area contributed by atoms with E-state index in [-0.39, 0.29) is 16.6 Å². The van der Waals surface area contributed by atoms with E-state index in [1.807, 2.05) is 29.1 Å². The van der Waals surface area contributed by atoms with E-state index in [2.05, 4.69) is 35.7 Å². The molecule has 5 rings (SSSR count). The van der Waals surface area contributed by atoms with E-state index in [1.54, 1.807) is 43.8 Å². The van der Waals surface area contributed by atoms with Gasteiger partial charge in [-0.3, -0.25) is 15.0 Å². The van der Waals surface area contributed by atoms with Crippen LogP contribution in [0.2, 0.25) is 5.02 Å². The van der Waals surface area contributed by atoms with E-state index in [4.69, 9.17) is 16.3 Å². The molecule has 11 nitrogen and oxygen atoms in total. The van der Waals surface area contributed by atoms with Crippen molar-refractivity contribution in [2.24, 2.45) is 0 Å². The molecule has 0 aliphatic heterocycles. The number of carbonyl (C=O) groups is 1. The van der Waals surface area contributed by atoms with Gasteiger partial charge in [-0.15, -0.1) is 5.10 Å². The summed E-state index contributed by atoms with van der Waals surface area (Å²) in [4.78, 5) is 16.1. The largest absolute Gasteiger partial charge is 0.453 e. The molecule has 3 heterocycles. The van der Waals surface area contributed by atoms with Gasteiger partial charge in [0.15, 0.2) is 5.82 Å². The third-order valence-electron chi connectivity index (χ3n) is 6.25. The van der Waals surface area contributed by atoms with Crippen LogP contribution >= 0.6 is 11.6 Å². The monoisotopic (exact) mass is 562 g/mol. The summed E-state index contributed by atoms with van der Waals surface area (Å²) in [6, 6.07) is 13.8. The zero-order chi connectivity index (χ0) is 28.1. The van der Waals surface area contributed by atoms with Gasteiger partial charge >= 0.3 is 6.09 Å². The van der Waals surface area contributed by atoms with E-state index in [1.165, 1.54) is 24.2 Å². The van der Waals surface area contributed by atoms with Crippen LogP contribution in [0.25, 0.3) is 27.9 Å². The van der Waals surface area contributed by atoms with E-state index in [0.29, 0.717) is 30.0 Å². The summed E-state index contributed by atoms with van der Waals surface area (Å²) in [5.41, 5.74) is 4.32. The predicted molar refractivity (Wildman–Crippen MR) is 146 cm³/mol.